The zero-order valence-electron chi connectivity index (χ0n) is 13.2. The SMILES string of the molecule is Cc1cc(=O)n(CCOc2ccc(Cl)cc2)c2c(C)cccc12. The monoisotopic (exact) mass is 327 g/mol. The number of nitrogens with zero attached hydrogens (tertiary/aromatic N) is 1. The van der Waals surface area contributed by atoms with Gasteiger partial charge in [-0.2, -0.15) is 0 Å². The van der Waals surface area contributed by atoms with E-state index in [-0.39, 0.29) is 5.56 Å². The van der Waals surface area contributed by atoms with Gasteiger partial charge in [0.25, 0.3) is 5.56 Å². The van der Waals surface area contributed by atoms with Crippen LogP contribution in [0.4, 0.5) is 0 Å². The Morgan fingerprint density at radius 3 is 2.52 bits per heavy atom. The number of para-hydroxylation sites is 1. The molecule has 3 nitrogen and oxygen atoms in total. The van der Waals surface area contributed by atoms with E-state index < -0.39 is 0 Å². The van der Waals surface area contributed by atoms with Gasteiger partial charge in [0, 0.05) is 16.5 Å². The van der Waals surface area contributed by atoms with Gasteiger partial charge in [-0.15, -0.1) is 0 Å². The molecule has 3 aromatic rings. The highest BCUT2D eigenvalue weighted by Crippen LogP contribution is 2.20. The lowest BCUT2D eigenvalue weighted by atomic mass is 10.1. The van der Waals surface area contributed by atoms with Crippen molar-refractivity contribution in [2.75, 3.05) is 6.61 Å². The van der Waals surface area contributed by atoms with Gasteiger partial charge in [-0.25, -0.2) is 0 Å². The first-order chi connectivity index (χ1) is 11.1. The fraction of sp³-hybridized carbons (Fsp3) is 0.211. The molecule has 0 amide bonds. The number of benzene rings is 2. The maximum absolute atomic E-state index is 12.4. The Labute approximate surface area is 140 Å². The van der Waals surface area contributed by atoms with Crippen LogP contribution in [0.15, 0.2) is 53.3 Å². The molecule has 0 aliphatic rings. The molecule has 3 rings (SSSR count). The smallest absolute Gasteiger partial charge is 0.251 e. The van der Waals surface area contributed by atoms with Gasteiger partial charge < -0.3 is 9.30 Å². The van der Waals surface area contributed by atoms with E-state index in [0.717, 1.165) is 27.8 Å². The third-order valence-electron chi connectivity index (χ3n) is 3.94. The standard InChI is InChI=1S/C19H18ClNO2/c1-13-4-3-5-17-14(2)12-18(22)21(19(13)17)10-11-23-16-8-6-15(20)7-9-16/h3-9,12H,10-11H2,1-2H3. The Morgan fingerprint density at radius 2 is 1.78 bits per heavy atom. The van der Waals surface area contributed by atoms with Gasteiger partial charge in [0.1, 0.15) is 12.4 Å². The van der Waals surface area contributed by atoms with Crippen molar-refractivity contribution in [1.29, 1.82) is 0 Å². The largest absolute Gasteiger partial charge is 0.492 e. The number of fused-ring (bicyclic) bond motifs is 1. The summed E-state index contributed by atoms with van der Waals surface area (Å²) in [5, 5.41) is 1.78. The lowest BCUT2D eigenvalue weighted by molar-refractivity contribution is 0.298. The van der Waals surface area contributed by atoms with E-state index in [1.807, 2.05) is 44.2 Å². The van der Waals surface area contributed by atoms with Crippen LogP contribution in [-0.2, 0) is 6.54 Å². The van der Waals surface area contributed by atoms with Crippen LogP contribution in [0.25, 0.3) is 10.9 Å². The van der Waals surface area contributed by atoms with Crippen molar-refractivity contribution in [1.82, 2.24) is 4.57 Å². The van der Waals surface area contributed by atoms with Crippen molar-refractivity contribution < 1.29 is 4.74 Å². The van der Waals surface area contributed by atoms with Crippen molar-refractivity contribution in [2.24, 2.45) is 0 Å². The van der Waals surface area contributed by atoms with E-state index in [0.29, 0.717) is 18.2 Å². The van der Waals surface area contributed by atoms with E-state index in [1.54, 1.807) is 22.8 Å². The van der Waals surface area contributed by atoms with Crippen molar-refractivity contribution in [3.8, 4) is 5.75 Å². The highest BCUT2D eigenvalue weighted by molar-refractivity contribution is 6.30. The van der Waals surface area contributed by atoms with Gasteiger partial charge in [0.2, 0.25) is 0 Å². The molecule has 23 heavy (non-hydrogen) atoms. The van der Waals surface area contributed by atoms with E-state index in [1.165, 1.54) is 0 Å². The Bertz CT molecular complexity index is 898. The van der Waals surface area contributed by atoms with Gasteiger partial charge in [0.15, 0.2) is 0 Å². The number of halogens is 1. The average molecular weight is 328 g/mol. The van der Waals surface area contributed by atoms with E-state index in [2.05, 4.69) is 0 Å². The topological polar surface area (TPSA) is 31.2 Å². The van der Waals surface area contributed by atoms with Crippen molar-refractivity contribution in [3.63, 3.8) is 0 Å². The van der Waals surface area contributed by atoms with Gasteiger partial charge in [-0.3, -0.25) is 4.79 Å². The maximum atomic E-state index is 12.4. The van der Waals surface area contributed by atoms with E-state index in [9.17, 15) is 4.79 Å². The lowest BCUT2D eigenvalue weighted by Crippen LogP contribution is -2.24. The number of hydrogen-bond acceptors (Lipinski definition) is 2. The minimum Gasteiger partial charge on any atom is -0.492 e. The summed E-state index contributed by atoms with van der Waals surface area (Å²) < 4.78 is 7.51. The first-order valence-electron chi connectivity index (χ1n) is 7.54. The fourth-order valence-electron chi connectivity index (χ4n) is 2.79. The second-order valence-corrected chi connectivity index (χ2v) is 6.03. The molecule has 0 fully saturated rings. The van der Waals surface area contributed by atoms with Crippen LogP contribution in [0, 0.1) is 13.8 Å². The molecule has 118 valence electrons. The third-order valence-corrected chi connectivity index (χ3v) is 4.19. The van der Waals surface area contributed by atoms with Gasteiger partial charge in [-0.1, -0.05) is 29.8 Å². The second-order valence-electron chi connectivity index (χ2n) is 5.59. The van der Waals surface area contributed by atoms with E-state index >= 15 is 0 Å². The van der Waals surface area contributed by atoms with Crippen molar-refractivity contribution in [2.45, 2.75) is 20.4 Å². The summed E-state index contributed by atoms with van der Waals surface area (Å²) in [6, 6.07) is 15.0. The molecule has 4 heteroatoms. The quantitative estimate of drug-likeness (QED) is 0.713. The highest BCUT2D eigenvalue weighted by Gasteiger charge is 2.08. The molecule has 1 aromatic heterocycles. The molecule has 0 aliphatic heterocycles. The van der Waals surface area contributed by atoms with Gasteiger partial charge in [-0.05, 0) is 49.2 Å². The van der Waals surface area contributed by atoms with Crippen LogP contribution in [0.3, 0.4) is 0 Å². The predicted octanol–water partition coefficient (Wildman–Crippen LogP) is 4.35. The Kier molecular flexibility index (Phi) is 4.39. The zero-order chi connectivity index (χ0) is 16.4. The molecule has 0 saturated heterocycles. The Balaban J connectivity index is 1.88. The minimum atomic E-state index is 0.00371. The summed E-state index contributed by atoms with van der Waals surface area (Å²) in [6.45, 7) is 4.92. The summed E-state index contributed by atoms with van der Waals surface area (Å²) in [5.41, 5.74) is 3.08. The van der Waals surface area contributed by atoms with Crippen LogP contribution in [-0.4, -0.2) is 11.2 Å². The number of pyridine rings is 1. The van der Waals surface area contributed by atoms with Crippen molar-refractivity contribution in [3.05, 3.63) is 75.0 Å². The first kappa shape index (κ1) is 15.6. The number of ether oxygens (including phenoxy) is 1. The lowest BCUT2D eigenvalue weighted by Gasteiger charge is -2.14. The molecule has 0 spiro atoms. The van der Waals surface area contributed by atoms with Crippen LogP contribution in [0.2, 0.25) is 5.02 Å². The highest BCUT2D eigenvalue weighted by atomic mass is 35.5. The molecular weight excluding hydrogens is 310 g/mol. The summed E-state index contributed by atoms with van der Waals surface area (Å²) in [7, 11) is 0. The van der Waals surface area contributed by atoms with Crippen LogP contribution in [0.5, 0.6) is 5.75 Å². The Morgan fingerprint density at radius 1 is 1.04 bits per heavy atom. The fourth-order valence-corrected chi connectivity index (χ4v) is 2.92. The second kappa shape index (κ2) is 6.47. The molecule has 0 unspecified atom stereocenters. The zero-order valence-corrected chi connectivity index (χ0v) is 13.9. The molecule has 0 aliphatic carbocycles. The molecule has 0 saturated carbocycles. The molecular formula is C19H18ClNO2. The average Bonchev–Trinajstić information content (AvgIpc) is 2.53. The maximum Gasteiger partial charge on any atom is 0.251 e. The Hall–Kier alpha value is -2.26. The van der Waals surface area contributed by atoms with Gasteiger partial charge in [0.05, 0.1) is 12.1 Å². The molecule has 0 bridgehead atoms. The normalized spacial score (nSPS) is 10.9. The number of hydrogen-bond donors (Lipinski definition) is 0. The third kappa shape index (κ3) is 3.25. The first-order valence-corrected chi connectivity index (χ1v) is 7.92. The van der Waals surface area contributed by atoms with Gasteiger partial charge >= 0.3 is 0 Å². The molecule has 0 N–H and O–H groups in total. The van der Waals surface area contributed by atoms with Crippen LogP contribution in [0.1, 0.15) is 11.1 Å². The summed E-state index contributed by atoms with van der Waals surface area (Å²) in [4.78, 5) is 12.4. The number of aromatic nitrogens is 1. The van der Waals surface area contributed by atoms with Crippen LogP contribution >= 0.6 is 11.6 Å². The van der Waals surface area contributed by atoms with E-state index in [4.69, 9.17) is 16.3 Å². The molecule has 0 atom stereocenters. The summed E-state index contributed by atoms with van der Waals surface area (Å²) in [6.07, 6.45) is 0. The van der Waals surface area contributed by atoms with Crippen LogP contribution < -0.4 is 10.3 Å². The molecule has 0 radical (unpaired) electrons. The summed E-state index contributed by atoms with van der Waals surface area (Å²) >= 11 is 5.86. The molecule has 2 aromatic carbocycles. The van der Waals surface area contributed by atoms with Crippen molar-refractivity contribution >= 4 is 22.5 Å². The predicted molar refractivity (Wildman–Crippen MR) is 94.6 cm³/mol. The number of aryl methyl sites for hydroxylation is 2. The molecule has 1 heterocycles. The number of rotatable bonds is 4. The minimum absolute atomic E-state index is 0.00371. The summed E-state index contributed by atoms with van der Waals surface area (Å²) in [5.74, 6) is 0.746.